The molecule has 17 heavy (non-hydrogen) atoms. The summed E-state index contributed by atoms with van der Waals surface area (Å²) in [5, 5.41) is 4.94. The minimum absolute atomic E-state index is 0.0972. The van der Waals surface area contributed by atoms with Crippen LogP contribution in [0.15, 0.2) is 23.6 Å². The molecule has 0 aliphatic rings. The molecule has 1 unspecified atom stereocenters. The van der Waals surface area contributed by atoms with Crippen molar-refractivity contribution in [3.05, 3.63) is 28.5 Å². The number of hydrogen-bond acceptors (Lipinski definition) is 3. The fourth-order valence-corrected chi connectivity index (χ4v) is 1.92. The molecule has 1 aromatic rings. The average molecular weight is 252 g/mol. The minimum Gasteiger partial charge on any atom is -0.346 e. The normalized spacial score (nSPS) is 15.1. The molecule has 0 saturated heterocycles. The molecule has 0 aromatic carbocycles. The number of hydrogen-bond donors (Lipinski definition) is 2. The summed E-state index contributed by atoms with van der Waals surface area (Å²) in [4.78, 5) is 12.8. The largest absolute Gasteiger partial charge is 0.346 e. The van der Waals surface area contributed by atoms with E-state index >= 15 is 0 Å². The summed E-state index contributed by atoms with van der Waals surface area (Å²) in [5.41, 5.74) is 5.36. The van der Waals surface area contributed by atoms with Crippen molar-refractivity contribution in [3.8, 4) is 0 Å². The number of rotatable bonds is 5. The van der Waals surface area contributed by atoms with E-state index < -0.39 is 0 Å². The van der Waals surface area contributed by atoms with Crippen molar-refractivity contribution >= 4 is 23.3 Å². The van der Waals surface area contributed by atoms with Gasteiger partial charge in [0, 0.05) is 17.5 Å². The van der Waals surface area contributed by atoms with E-state index in [1.165, 1.54) is 0 Å². The first-order valence-corrected chi connectivity index (χ1v) is 6.59. The minimum atomic E-state index is -0.350. The van der Waals surface area contributed by atoms with Crippen LogP contribution in [0.2, 0.25) is 0 Å². The highest BCUT2D eigenvalue weighted by Gasteiger charge is 2.27. The van der Waals surface area contributed by atoms with Crippen molar-refractivity contribution in [2.24, 2.45) is 11.7 Å². The Labute approximate surface area is 107 Å². The van der Waals surface area contributed by atoms with E-state index in [1.54, 1.807) is 17.4 Å². The molecule has 0 aliphatic carbocycles. The van der Waals surface area contributed by atoms with Gasteiger partial charge in [-0.1, -0.05) is 19.9 Å². The van der Waals surface area contributed by atoms with E-state index in [9.17, 15) is 4.79 Å². The molecule has 1 amide bonds. The van der Waals surface area contributed by atoms with Gasteiger partial charge in [-0.15, -0.1) is 11.3 Å². The monoisotopic (exact) mass is 252 g/mol. The summed E-state index contributed by atoms with van der Waals surface area (Å²) >= 11 is 1.60. The lowest BCUT2D eigenvalue weighted by atomic mass is 9.88. The Kier molecular flexibility index (Phi) is 4.90. The van der Waals surface area contributed by atoms with Crippen LogP contribution in [0.25, 0.3) is 6.08 Å². The second-order valence-corrected chi connectivity index (χ2v) is 5.59. The van der Waals surface area contributed by atoms with Gasteiger partial charge in [0.2, 0.25) is 5.91 Å². The first kappa shape index (κ1) is 13.9. The fraction of sp³-hybridized carbons (Fsp3) is 0.462. The number of thiophene rings is 1. The molecule has 0 spiro atoms. The summed E-state index contributed by atoms with van der Waals surface area (Å²) in [7, 11) is 0. The van der Waals surface area contributed by atoms with Crippen LogP contribution in [-0.2, 0) is 4.79 Å². The van der Waals surface area contributed by atoms with Gasteiger partial charge >= 0.3 is 0 Å². The third-order valence-electron chi connectivity index (χ3n) is 3.05. The van der Waals surface area contributed by atoms with Crippen LogP contribution in [0.4, 0.5) is 0 Å². The quantitative estimate of drug-likeness (QED) is 0.790. The number of amides is 1. The molecule has 0 bridgehead atoms. The van der Waals surface area contributed by atoms with Gasteiger partial charge in [0.15, 0.2) is 0 Å². The summed E-state index contributed by atoms with van der Waals surface area (Å²) < 4.78 is 0. The van der Waals surface area contributed by atoms with Gasteiger partial charge < -0.3 is 11.1 Å². The Hall–Kier alpha value is -1.13. The molecule has 3 N–H and O–H groups in total. The lowest BCUT2D eigenvalue weighted by Gasteiger charge is -2.33. The van der Waals surface area contributed by atoms with Crippen LogP contribution in [0.5, 0.6) is 0 Å². The molecular formula is C13H20N2OS. The molecule has 1 rings (SSSR count). The van der Waals surface area contributed by atoms with Gasteiger partial charge in [-0.25, -0.2) is 0 Å². The highest BCUT2D eigenvalue weighted by Crippen LogP contribution is 2.15. The van der Waals surface area contributed by atoms with Crippen LogP contribution >= 0.6 is 11.3 Å². The van der Waals surface area contributed by atoms with Gasteiger partial charge in [0.1, 0.15) is 0 Å². The highest BCUT2D eigenvalue weighted by molar-refractivity contribution is 7.10. The predicted molar refractivity (Wildman–Crippen MR) is 73.8 cm³/mol. The lowest BCUT2D eigenvalue weighted by Crippen LogP contribution is -2.54. The van der Waals surface area contributed by atoms with Crippen molar-refractivity contribution in [3.63, 3.8) is 0 Å². The molecule has 1 heterocycles. The smallest absolute Gasteiger partial charge is 0.244 e. The first-order chi connectivity index (χ1) is 7.98. The third kappa shape index (κ3) is 3.98. The molecule has 0 saturated carbocycles. The van der Waals surface area contributed by atoms with E-state index in [-0.39, 0.29) is 11.4 Å². The van der Waals surface area contributed by atoms with Crippen molar-refractivity contribution in [2.75, 3.05) is 6.54 Å². The van der Waals surface area contributed by atoms with Gasteiger partial charge in [0.05, 0.1) is 5.54 Å². The topological polar surface area (TPSA) is 55.1 Å². The summed E-state index contributed by atoms with van der Waals surface area (Å²) in [5.74, 6) is 0.201. The Morgan fingerprint density at radius 2 is 2.35 bits per heavy atom. The van der Waals surface area contributed by atoms with E-state index in [1.807, 2.05) is 30.5 Å². The van der Waals surface area contributed by atoms with Crippen molar-refractivity contribution < 1.29 is 4.79 Å². The lowest BCUT2D eigenvalue weighted by molar-refractivity contribution is -0.118. The molecule has 94 valence electrons. The van der Waals surface area contributed by atoms with Crippen LogP contribution < -0.4 is 11.1 Å². The molecule has 0 radical (unpaired) electrons. The van der Waals surface area contributed by atoms with Gasteiger partial charge in [0.25, 0.3) is 0 Å². The number of carbonyl (C=O) groups excluding carboxylic acids is 1. The zero-order valence-corrected chi connectivity index (χ0v) is 11.4. The molecule has 0 aliphatic heterocycles. The zero-order valence-electron chi connectivity index (χ0n) is 10.6. The fourth-order valence-electron chi connectivity index (χ4n) is 1.30. The molecule has 4 heteroatoms. The SMILES string of the molecule is CC(C)C(C)(CN)NC(=O)/C=C/c1cccs1. The second kappa shape index (κ2) is 5.98. The molecule has 3 nitrogen and oxygen atoms in total. The summed E-state index contributed by atoms with van der Waals surface area (Å²) in [6.07, 6.45) is 3.37. The van der Waals surface area contributed by atoms with E-state index in [0.29, 0.717) is 12.5 Å². The van der Waals surface area contributed by atoms with Crippen molar-refractivity contribution in [2.45, 2.75) is 26.3 Å². The van der Waals surface area contributed by atoms with Gasteiger partial charge in [-0.2, -0.15) is 0 Å². The van der Waals surface area contributed by atoms with E-state index in [2.05, 4.69) is 19.2 Å². The average Bonchev–Trinajstić information content (AvgIpc) is 2.78. The Morgan fingerprint density at radius 1 is 1.65 bits per heavy atom. The van der Waals surface area contributed by atoms with Crippen LogP contribution in [0.3, 0.4) is 0 Å². The van der Waals surface area contributed by atoms with Crippen molar-refractivity contribution in [1.29, 1.82) is 0 Å². The van der Waals surface area contributed by atoms with Crippen molar-refractivity contribution in [1.82, 2.24) is 5.32 Å². The standard InChI is InChI=1S/C13H20N2OS/c1-10(2)13(3,9-14)15-12(16)7-6-11-5-4-8-17-11/h4-8,10H,9,14H2,1-3H3,(H,15,16)/b7-6+. The maximum absolute atomic E-state index is 11.8. The second-order valence-electron chi connectivity index (χ2n) is 4.61. The molecule has 1 aromatic heterocycles. The molecule has 0 fully saturated rings. The molecule has 1 atom stereocenters. The Bertz CT molecular complexity index is 384. The zero-order chi connectivity index (χ0) is 12.9. The Morgan fingerprint density at radius 3 is 2.82 bits per heavy atom. The summed E-state index contributed by atoms with van der Waals surface area (Å²) in [6.45, 7) is 6.50. The highest BCUT2D eigenvalue weighted by atomic mass is 32.1. The maximum atomic E-state index is 11.8. The first-order valence-electron chi connectivity index (χ1n) is 5.72. The summed E-state index contributed by atoms with van der Waals surface area (Å²) in [6, 6.07) is 3.93. The van der Waals surface area contributed by atoms with Crippen LogP contribution in [0, 0.1) is 5.92 Å². The van der Waals surface area contributed by atoms with Gasteiger partial charge in [-0.05, 0) is 30.4 Å². The van der Waals surface area contributed by atoms with Crippen LogP contribution in [0.1, 0.15) is 25.6 Å². The van der Waals surface area contributed by atoms with Crippen LogP contribution in [-0.4, -0.2) is 18.0 Å². The maximum Gasteiger partial charge on any atom is 0.244 e. The number of nitrogens with one attached hydrogen (secondary N) is 1. The van der Waals surface area contributed by atoms with E-state index in [4.69, 9.17) is 5.73 Å². The van der Waals surface area contributed by atoms with E-state index in [0.717, 1.165) is 4.88 Å². The molecular weight excluding hydrogens is 232 g/mol. The number of carbonyl (C=O) groups is 1. The van der Waals surface area contributed by atoms with Gasteiger partial charge in [-0.3, -0.25) is 4.79 Å². The Balaban J connectivity index is 2.60. The predicted octanol–water partition coefficient (Wildman–Crippen LogP) is 2.25. The third-order valence-corrected chi connectivity index (χ3v) is 3.89. The number of nitrogens with two attached hydrogens (primary N) is 1.